The standard InChI is InChI=1S/C25H31ClN4O/c1-2-6-23-25(20-7-4-3-5-8-20)28-24(31-23)19-27-13-14-29-15-17-30(18-16-29)22-11-9-21(26)10-12-22/h3-5,7-12,27H,2,6,13-19H2,1H3. The Labute approximate surface area is 190 Å². The monoisotopic (exact) mass is 438 g/mol. The Morgan fingerprint density at radius 1 is 1.00 bits per heavy atom. The second-order valence-electron chi connectivity index (χ2n) is 7.98. The second-order valence-corrected chi connectivity index (χ2v) is 8.41. The molecule has 0 amide bonds. The van der Waals surface area contributed by atoms with E-state index in [0.717, 1.165) is 80.0 Å². The average Bonchev–Trinajstić information content (AvgIpc) is 3.21. The molecular weight excluding hydrogens is 408 g/mol. The van der Waals surface area contributed by atoms with Crippen molar-refractivity contribution in [3.05, 3.63) is 71.3 Å². The van der Waals surface area contributed by atoms with Crippen LogP contribution in [0.3, 0.4) is 0 Å². The number of piperazine rings is 1. The number of nitrogens with zero attached hydrogens (tertiary/aromatic N) is 3. The Balaban J connectivity index is 1.23. The lowest BCUT2D eigenvalue weighted by Crippen LogP contribution is -2.48. The van der Waals surface area contributed by atoms with Gasteiger partial charge in [0.2, 0.25) is 5.89 Å². The van der Waals surface area contributed by atoms with E-state index in [4.69, 9.17) is 21.0 Å². The Kier molecular flexibility index (Phi) is 7.62. The van der Waals surface area contributed by atoms with Gasteiger partial charge in [0, 0.05) is 62.0 Å². The summed E-state index contributed by atoms with van der Waals surface area (Å²) in [4.78, 5) is 9.71. The van der Waals surface area contributed by atoms with Crippen molar-refractivity contribution in [1.29, 1.82) is 0 Å². The first kappa shape index (κ1) is 21.9. The second kappa shape index (κ2) is 10.8. The minimum absolute atomic E-state index is 0.661. The highest BCUT2D eigenvalue weighted by molar-refractivity contribution is 6.30. The van der Waals surface area contributed by atoms with Crippen LogP contribution < -0.4 is 10.2 Å². The van der Waals surface area contributed by atoms with Gasteiger partial charge in [0.15, 0.2) is 0 Å². The van der Waals surface area contributed by atoms with E-state index < -0.39 is 0 Å². The maximum absolute atomic E-state index is 6.07. The predicted molar refractivity (Wildman–Crippen MR) is 128 cm³/mol. The van der Waals surface area contributed by atoms with E-state index in [0.29, 0.717) is 6.54 Å². The summed E-state index contributed by atoms with van der Waals surface area (Å²) >= 11 is 6.00. The number of hydrogen-bond donors (Lipinski definition) is 1. The molecule has 1 N–H and O–H groups in total. The molecule has 2 heterocycles. The number of benzene rings is 2. The topological polar surface area (TPSA) is 44.5 Å². The Hall–Kier alpha value is -2.34. The fourth-order valence-corrected chi connectivity index (χ4v) is 4.13. The highest BCUT2D eigenvalue weighted by atomic mass is 35.5. The van der Waals surface area contributed by atoms with Gasteiger partial charge in [-0.1, -0.05) is 48.9 Å². The number of anilines is 1. The van der Waals surface area contributed by atoms with Crippen molar-refractivity contribution in [2.24, 2.45) is 0 Å². The van der Waals surface area contributed by atoms with Crippen LogP contribution in [0.2, 0.25) is 5.02 Å². The van der Waals surface area contributed by atoms with Crippen LogP contribution in [0.4, 0.5) is 5.69 Å². The maximum Gasteiger partial charge on any atom is 0.208 e. The molecule has 1 aliphatic heterocycles. The molecular formula is C25H31ClN4O. The summed E-state index contributed by atoms with van der Waals surface area (Å²) in [6.07, 6.45) is 1.96. The first-order valence-electron chi connectivity index (χ1n) is 11.2. The molecule has 0 atom stereocenters. The van der Waals surface area contributed by atoms with E-state index in [1.165, 1.54) is 5.69 Å². The van der Waals surface area contributed by atoms with E-state index in [9.17, 15) is 0 Å². The van der Waals surface area contributed by atoms with Gasteiger partial charge in [0.25, 0.3) is 0 Å². The van der Waals surface area contributed by atoms with Gasteiger partial charge in [-0.05, 0) is 30.7 Å². The molecule has 0 bridgehead atoms. The average molecular weight is 439 g/mol. The summed E-state index contributed by atoms with van der Waals surface area (Å²) in [5.74, 6) is 1.76. The lowest BCUT2D eigenvalue weighted by Gasteiger charge is -2.36. The number of aryl methyl sites for hydroxylation is 1. The van der Waals surface area contributed by atoms with Gasteiger partial charge in [0.05, 0.1) is 6.54 Å². The summed E-state index contributed by atoms with van der Waals surface area (Å²) in [6.45, 7) is 9.01. The molecule has 0 unspecified atom stereocenters. The fourth-order valence-electron chi connectivity index (χ4n) is 4.01. The first-order valence-corrected chi connectivity index (χ1v) is 11.6. The van der Waals surface area contributed by atoms with Crippen molar-refractivity contribution in [2.45, 2.75) is 26.3 Å². The van der Waals surface area contributed by atoms with Crippen LogP contribution >= 0.6 is 11.6 Å². The number of hydrogen-bond acceptors (Lipinski definition) is 5. The van der Waals surface area contributed by atoms with E-state index in [2.05, 4.69) is 46.3 Å². The molecule has 4 rings (SSSR count). The summed E-state index contributed by atoms with van der Waals surface area (Å²) in [6, 6.07) is 18.4. The summed E-state index contributed by atoms with van der Waals surface area (Å²) < 4.78 is 6.07. The number of halogens is 1. The number of rotatable bonds is 9. The Bertz CT molecular complexity index is 934. The van der Waals surface area contributed by atoms with Crippen LogP contribution in [0.25, 0.3) is 11.3 Å². The number of nitrogens with one attached hydrogen (secondary N) is 1. The quantitative estimate of drug-likeness (QED) is 0.483. The molecule has 1 fully saturated rings. The lowest BCUT2D eigenvalue weighted by molar-refractivity contribution is 0.256. The van der Waals surface area contributed by atoms with Crippen molar-refractivity contribution < 1.29 is 4.42 Å². The molecule has 1 aromatic heterocycles. The molecule has 6 heteroatoms. The zero-order chi connectivity index (χ0) is 21.5. The van der Waals surface area contributed by atoms with Gasteiger partial charge >= 0.3 is 0 Å². The van der Waals surface area contributed by atoms with Gasteiger partial charge < -0.3 is 14.6 Å². The molecule has 1 saturated heterocycles. The van der Waals surface area contributed by atoms with Crippen molar-refractivity contribution in [3.63, 3.8) is 0 Å². The lowest BCUT2D eigenvalue weighted by atomic mass is 10.1. The van der Waals surface area contributed by atoms with Gasteiger partial charge in [0.1, 0.15) is 11.5 Å². The highest BCUT2D eigenvalue weighted by Crippen LogP contribution is 2.25. The van der Waals surface area contributed by atoms with E-state index >= 15 is 0 Å². The third-order valence-electron chi connectivity index (χ3n) is 5.71. The van der Waals surface area contributed by atoms with Crippen LogP contribution in [0.15, 0.2) is 59.0 Å². The zero-order valence-corrected chi connectivity index (χ0v) is 18.9. The SMILES string of the molecule is CCCc1oc(CNCCN2CCN(c3ccc(Cl)cc3)CC2)nc1-c1ccccc1. The van der Waals surface area contributed by atoms with Crippen LogP contribution in [0, 0.1) is 0 Å². The Morgan fingerprint density at radius 2 is 1.74 bits per heavy atom. The third kappa shape index (κ3) is 5.88. The summed E-state index contributed by atoms with van der Waals surface area (Å²) in [7, 11) is 0. The van der Waals surface area contributed by atoms with Gasteiger partial charge in [-0.2, -0.15) is 0 Å². The van der Waals surface area contributed by atoms with Crippen molar-refractivity contribution >= 4 is 17.3 Å². The smallest absolute Gasteiger partial charge is 0.208 e. The van der Waals surface area contributed by atoms with Crippen molar-refractivity contribution in [1.82, 2.24) is 15.2 Å². The molecule has 3 aromatic rings. The maximum atomic E-state index is 6.07. The normalized spacial score (nSPS) is 14.8. The van der Waals surface area contributed by atoms with Crippen LogP contribution in [-0.4, -0.2) is 49.2 Å². The van der Waals surface area contributed by atoms with Crippen molar-refractivity contribution in [3.8, 4) is 11.3 Å². The van der Waals surface area contributed by atoms with Gasteiger partial charge in [-0.3, -0.25) is 4.90 Å². The minimum Gasteiger partial charge on any atom is -0.444 e. The number of oxazole rings is 1. The molecule has 164 valence electrons. The van der Waals surface area contributed by atoms with E-state index in [-0.39, 0.29) is 0 Å². The van der Waals surface area contributed by atoms with Gasteiger partial charge in [-0.15, -0.1) is 0 Å². The van der Waals surface area contributed by atoms with E-state index in [1.807, 2.05) is 30.3 Å². The molecule has 1 aliphatic rings. The minimum atomic E-state index is 0.661. The molecule has 0 radical (unpaired) electrons. The van der Waals surface area contributed by atoms with E-state index in [1.54, 1.807) is 0 Å². The fraction of sp³-hybridized carbons (Fsp3) is 0.400. The third-order valence-corrected chi connectivity index (χ3v) is 5.96. The van der Waals surface area contributed by atoms with Crippen molar-refractivity contribution in [2.75, 3.05) is 44.2 Å². The molecule has 2 aromatic carbocycles. The van der Waals surface area contributed by atoms with Crippen LogP contribution in [-0.2, 0) is 13.0 Å². The largest absolute Gasteiger partial charge is 0.444 e. The molecule has 5 nitrogen and oxygen atoms in total. The first-order chi connectivity index (χ1) is 15.2. The molecule has 0 spiro atoms. The van der Waals surface area contributed by atoms with Gasteiger partial charge in [-0.25, -0.2) is 4.98 Å². The van der Waals surface area contributed by atoms with Crippen LogP contribution in [0.1, 0.15) is 25.0 Å². The summed E-state index contributed by atoms with van der Waals surface area (Å²) in [5.41, 5.74) is 3.36. The van der Waals surface area contributed by atoms with Crippen LogP contribution in [0.5, 0.6) is 0 Å². The predicted octanol–water partition coefficient (Wildman–Crippen LogP) is 4.86. The molecule has 0 aliphatic carbocycles. The Morgan fingerprint density at radius 3 is 2.45 bits per heavy atom. The summed E-state index contributed by atoms with van der Waals surface area (Å²) in [5, 5.41) is 4.30. The molecule has 31 heavy (non-hydrogen) atoms. The molecule has 0 saturated carbocycles. The zero-order valence-electron chi connectivity index (χ0n) is 18.2. The highest BCUT2D eigenvalue weighted by Gasteiger charge is 2.17. The number of aromatic nitrogens is 1.